The third-order valence-electron chi connectivity index (χ3n) is 2.65. The van der Waals surface area contributed by atoms with Crippen molar-refractivity contribution < 1.29 is 0 Å². The first kappa shape index (κ1) is 13.5. The summed E-state index contributed by atoms with van der Waals surface area (Å²) in [5.41, 5.74) is 3.50. The minimum absolute atomic E-state index is 0.556. The Morgan fingerprint density at radius 3 is 2.57 bits per heavy atom. The monoisotopic (exact) mass is 296 g/mol. The molecule has 0 saturated carbocycles. The Labute approximate surface area is 125 Å². The van der Waals surface area contributed by atoms with Crippen LogP contribution in [0.15, 0.2) is 65.0 Å². The van der Waals surface area contributed by atoms with Gasteiger partial charge in [0, 0.05) is 17.8 Å². The second kappa shape index (κ2) is 6.29. The molecule has 0 aliphatic carbocycles. The molecule has 3 N–H and O–H groups in total. The zero-order chi connectivity index (χ0) is 14.5. The van der Waals surface area contributed by atoms with E-state index < -0.39 is 0 Å². The molecule has 0 amide bonds. The lowest BCUT2D eigenvalue weighted by Gasteiger charge is -2.07. The van der Waals surface area contributed by atoms with Crippen molar-refractivity contribution in [1.29, 1.82) is 0 Å². The molecule has 0 radical (unpaired) electrons. The molecule has 0 fully saturated rings. The maximum atomic E-state index is 5.48. The van der Waals surface area contributed by atoms with Crippen molar-refractivity contribution in [2.75, 3.05) is 5.43 Å². The van der Waals surface area contributed by atoms with Gasteiger partial charge in [0.2, 0.25) is 0 Å². The lowest BCUT2D eigenvalue weighted by Crippen LogP contribution is -2.09. The normalized spacial score (nSPS) is 10.3. The van der Waals surface area contributed by atoms with Gasteiger partial charge in [0.15, 0.2) is 5.82 Å². The second-order valence-corrected chi connectivity index (χ2v) is 5.12. The van der Waals surface area contributed by atoms with Gasteiger partial charge >= 0.3 is 0 Å². The van der Waals surface area contributed by atoms with Crippen molar-refractivity contribution in [2.45, 2.75) is 10.1 Å². The first-order valence-electron chi connectivity index (χ1n) is 6.20. The number of nitrogens with two attached hydrogens (primary N) is 1. The van der Waals surface area contributed by atoms with Gasteiger partial charge in [-0.1, -0.05) is 30.3 Å². The van der Waals surface area contributed by atoms with Gasteiger partial charge in [-0.25, -0.2) is 25.8 Å². The van der Waals surface area contributed by atoms with Crippen LogP contribution in [0, 0.1) is 0 Å². The highest BCUT2D eigenvalue weighted by atomic mass is 32.2. The molecule has 0 aliphatic heterocycles. The molecular weight excluding hydrogens is 284 g/mol. The van der Waals surface area contributed by atoms with Crippen LogP contribution < -0.4 is 11.3 Å². The average molecular weight is 296 g/mol. The number of hydrogen-bond donors (Lipinski definition) is 2. The number of nitrogens with zero attached hydrogens (tertiary/aromatic N) is 4. The minimum Gasteiger partial charge on any atom is -0.308 e. The largest absolute Gasteiger partial charge is 0.308 e. The summed E-state index contributed by atoms with van der Waals surface area (Å²) in [6.07, 6.45) is 3.19. The second-order valence-electron chi connectivity index (χ2n) is 4.08. The number of rotatable bonds is 4. The fraction of sp³-hybridized carbons (Fsp3) is 0. The van der Waals surface area contributed by atoms with Crippen LogP contribution >= 0.6 is 11.8 Å². The van der Waals surface area contributed by atoms with Gasteiger partial charge in [0.1, 0.15) is 22.2 Å². The summed E-state index contributed by atoms with van der Waals surface area (Å²) in [6, 6.07) is 13.3. The molecule has 3 aromatic rings. The van der Waals surface area contributed by atoms with E-state index in [0.717, 1.165) is 15.6 Å². The highest BCUT2D eigenvalue weighted by Gasteiger charge is 2.08. The Hall–Kier alpha value is -2.51. The molecule has 7 heteroatoms. The van der Waals surface area contributed by atoms with E-state index in [1.165, 1.54) is 18.1 Å². The fourth-order valence-electron chi connectivity index (χ4n) is 1.71. The Bertz CT molecular complexity index is 720. The molecular formula is C14H12N6S. The molecule has 0 aliphatic rings. The molecule has 21 heavy (non-hydrogen) atoms. The SMILES string of the molecule is NNc1cc(Sc2ccncn2)nc(-c2ccccc2)n1. The highest BCUT2D eigenvalue weighted by Crippen LogP contribution is 2.27. The first-order chi connectivity index (χ1) is 10.3. The summed E-state index contributed by atoms with van der Waals surface area (Å²) in [4.78, 5) is 17.0. The van der Waals surface area contributed by atoms with Crippen molar-refractivity contribution in [3.05, 3.63) is 55.0 Å². The molecule has 2 heterocycles. The van der Waals surface area contributed by atoms with Crippen LogP contribution in [0.1, 0.15) is 0 Å². The smallest absolute Gasteiger partial charge is 0.162 e. The summed E-state index contributed by atoms with van der Waals surface area (Å²) in [5.74, 6) is 6.65. The zero-order valence-corrected chi connectivity index (χ0v) is 11.8. The summed E-state index contributed by atoms with van der Waals surface area (Å²) >= 11 is 1.43. The first-order valence-corrected chi connectivity index (χ1v) is 7.02. The van der Waals surface area contributed by atoms with Gasteiger partial charge in [0.25, 0.3) is 0 Å². The van der Waals surface area contributed by atoms with Crippen LogP contribution in [0.2, 0.25) is 0 Å². The van der Waals surface area contributed by atoms with E-state index in [0.29, 0.717) is 11.6 Å². The van der Waals surface area contributed by atoms with Gasteiger partial charge in [-0.3, -0.25) is 0 Å². The Balaban J connectivity index is 1.98. The van der Waals surface area contributed by atoms with Crippen LogP contribution in [-0.2, 0) is 0 Å². The molecule has 0 spiro atoms. The maximum absolute atomic E-state index is 5.48. The maximum Gasteiger partial charge on any atom is 0.162 e. The van der Waals surface area contributed by atoms with Crippen molar-refractivity contribution in [1.82, 2.24) is 19.9 Å². The molecule has 2 aromatic heterocycles. The van der Waals surface area contributed by atoms with Gasteiger partial charge in [-0.05, 0) is 17.8 Å². The highest BCUT2D eigenvalue weighted by molar-refractivity contribution is 7.99. The minimum atomic E-state index is 0.556. The van der Waals surface area contributed by atoms with E-state index in [1.54, 1.807) is 12.3 Å². The lowest BCUT2D eigenvalue weighted by molar-refractivity contribution is 1.02. The Kier molecular flexibility index (Phi) is 4.04. The molecule has 0 saturated heterocycles. The van der Waals surface area contributed by atoms with Gasteiger partial charge in [-0.15, -0.1) is 0 Å². The number of nitrogen functional groups attached to an aromatic ring is 1. The van der Waals surface area contributed by atoms with Crippen molar-refractivity contribution in [3.63, 3.8) is 0 Å². The fourth-order valence-corrected chi connectivity index (χ4v) is 2.46. The molecule has 1 aromatic carbocycles. The average Bonchev–Trinajstić information content (AvgIpc) is 2.56. The standard InChI is InChI=1S/C14H12N6S/c15-20-11-8-13(21-12-6-7-16-9-17-12)19-14(18-11)10-4-2-1-3-5-10/h1-9H,15H2,(H,18,19,20). The lowest BCUT2D eigenvalue weighted by atomic mass is 10.2. The van der Waals surface area contributed by atoms with E-state index >= 15 is 0 Å². The topological polar surface area (TPSA) is 89.6 Å². The summed E-state index contributed by atoms with van der Waals surface area (Å²) in [5, 5.41) is 1.57. The van der Waals surface area contributed by atoms with Crippen LogP contribution in [0.25, 0.3) is 11.4 Å². The van der Waals surface area contributed by atoms with E-state index in [2.05, 4.69) is 25.4 Å². The van der Waals surface area contributed by atoms with Crippen molar-refractivity contribution in [3.8, 4) is 11.4 Å². The van der Waals surface area contributed by atoms with Gasteiger partial charge < -0.3 is 5.43 Å². The van der Waals surface area contributed by atoms with E-state index in [9.17, 15) is 0 Å². The molecule has 104 valence electrons. The van der Waals surface area contributed by atoms with E-state index in [4.69, 9.17) is 5.84 Å². The number of benzene rings is 1. The Morgan fingerprint density at radius 1 is 1.00 bits per heavy atom. The Morgan fingerprint density at radius 2 is 1.86 bits per heavy atom. The summed E-state index contributed by atoms with van der Waals surface area (Å²) in [6.45, 7) is 0. The predicted molar refractivity (Wildman–Crippen MR) is 81.4 cm³/mol. The van der Waals surface area contributed by atoms with Crippen LogP contribution in [0.5, 0.6) is 0 Å². The number of aromatic nitrogens is 4. The molecule has 0 unspecified atom stereocenters. The molecule has 3 rings (SSSR count). The third kappa shape index (κ3) is 3.33. The summed E-state index contributed by atoms with van der Waals surface area (Å²) in [7, 11) is 0. The number of hydrogen-bond acceptors (Lipinski definition) is 7. The molecule has 0 bridgehead atoms. The third-order valence-corrected chi connectivity index (χ3v) is 3.52. The van der Waals surface area contributed by atoms with Crippen molar-refractivity contribution >= 4 is 17.6 Å². The molecule has 0 atom stereocenters. The van der Waals surface area contributed by atoms with Crippen LogP contribution in [0.4, 0.5) is 5.82 Å². The number of nitrogens with one attached hydrogen (secondary N) is 1. The van der Waals surface area contributed by atoms with Crippen LogP contribution in [0.3, 0.4) is 0 Å². The van der Waals surface area contributed by atoms with Gasteiger partial charge in [-0.2, -0.15) is 0 Å². The zero-order valence-electron chi connectivity index (χ0n) is 11.0. The summed E-state index contributed by atoms with van der Waals surface area (Å²) < 4.78 is 0. The molecule has 6 nitrogen and oxygen atoms in total. The van der Waals surface area contributed by atoms with Gasteiger partial charge in [0.05, 0.1) is 0 Å². The quantitative estimate of drug-likeness (QED) is 0.434. The number of anilines is 1. The van der Waals surface area contributed by atoms with E-state index in [1.807, 2.05) is 36.4 Å². The predicted octanol–water partition coefficient (Wildman–Crippen LogP) is 2.37. The number of hydrazine groups is 1. The van der Waals surface area contributed by atoms with Crippen LogP contribution in [-0.4, -0.2) is 19.9 Å². The van der Waals surface area contributed by atoms with E-state index in [-0.39, 0.29) is 0 Å². The van der Waals surface area contributed by atoms with Crippen molar-refractivity contribution in [2.24, 2.45) is 5.84 Å².